The Labute approximate surface area is 370 Å². The third-order valence-electron chi connectivity index (χ3n) is 11.6. The van der Waals surface area contributed by atoms with Gasteiger partial charge in [0.05, 0.1) is 0 Å². The monoisotopic (exact) mass is 849 g/mol. The van der Waals surface area contributed by atoms with Crippen molar-refractivity contribution in [3.05, 3.63) is 115 Å². The van der Waals surface area contributed by atoms with Crippen molar-refractivity contribution in [2.24, 2.45) is 11.5 Å². The number of aromatic hydroxyl groups is 2. The van der Waals surface area contributed by atoms with Crippen molar-refractivity contribution in [1.29, 1.82) is 0 Å². The molecule has 8 N–H and O–H groups in total. The molecule has 1 aliphatic rings. The first-order valence-electron chi connectivity index (χ1n) is 22.0. The van der Waals surface area contributed by atoms with E-state index in [9.17, 15) is 19.8 Å². The van der Waals surface area contributed by atoms with Gasteiger partial charge >= 0.3 is 0 Å². The van der Waals surface area contributed by atoms with E-state index >= 15 is 0 Å². The number of carbonyl (C=O) groups is 2. The van der Waals surface area contributed by atoms with Gasteiger partial charge in [0, 0.05) is 51.9 Å². The largest absolute Gasteiger partial charge is 0.507 e. The van der Waals surface area contributed by atoms with Crippen LogP contribution in [0.4, 0.5) is 0 Å². The summed E-state index contributed by atoms with van der Waals surface area (Å²) in [6.45, 7) is 26.7. The first-order chi connectivity index (χ1) is 28.8. The minimum atomic E-state index is -0.292. The lowest BCUT2D eigenvalue weighted by Crippen LogP contribution is -2.33. The Hall–Kier alpha value is -5.06. The molecule has 10 heteroatoms. The van der Waals surface area contributed by atoms with Gasteiger partial charge in [0.2, 0.25) is 0 Å². The number of carbonyl (C=O) groups excluding carboxylic acids is 2. The van der Waals surface area contributed by atoms with E-state index in [-0.39, 0.29) is 58.2 Å². The molecule has 2 amide bonds. The summed E-state index contributed by atoms with van der Waals surface area (Å²) in [5, 5.41) is 30.6. The van der Waals surface area contributed by atoms with Gasteiger partial charge in [-0.15, -0.1) is 0 Å². The van der Waals surface area contributed by atoms with Gasteiger partial charge < -0.3 is 41.8 Å². The van der Waals surface area contributed by atoms with Crippen LogP contribution in [0.1, 0.15) is 150 Å². The van der Waals surface area contributed by atoms with E-state index in [2.05, 4.69) is 142 Å². The lowest BCUT2D eigenvalue weighted by atomic mass is 9.79. The molecule has 0 spiro atoms. The number of nitrogens with one attached hydrogen (secondary N) is 2. The molecule has 0 aromatic heterocycles. The molecule has 0 unspecified atom stereocenters. The number of benzene rings is 4. The van der Waals surface area contributed by atoms with Gasteiger partial charge in [0.1, 0.15) is 23.0 Å². The molecule has 336 valence electrons. The molecular formula is C52H72N4O6. The van der Waals surface area contributed by atoms with Crippen LogP contribution < -0.4 is 31.6 Å². The maximum Gasteiger partial charge on any atom is 0.257 e. The van der Waals surface area contributed by atoms with Crippen LogP contribution in [-0.2, 0) is 56.9 Å². The molecule has 1 aliphatic carbocycles. The van der Waals surface area contributed by atoms with Crippen LogP contribution in [-0.4, -0.2) is 61.4 Å². The lowest BCUT2D eigenvalue weighted by molar-refractivity contribution is -0.123. The fourth-order valence-corrected chi connectivity index (χ4v) is 7.82. The van der Waals surface area contributed by atoms with Crippen molar-refractivity contribution in [2.45, 2.75) is 130 Å². The third kappa shape index (κ3) is 11.7. The van der Waals surface area contributed by atoms with Gasteiger partial charge in [-0.1, -0.05) is 132 Å². The second-order valence-corrected chi connectivity index (χ2v) is 21.1. The maximum absolute atomic E-state index is 13.1. The Morgan fingerprint density at radius 2 is 0.694 bits per heavy atom. The van der Waals surface area contributed by atoms with Crippen molar-refractivity contribution >= 4 is 11.8 Å². The molecule has 0 atom stereocenters. The van der Waals surface area contributed by atoms with Gasteiger partial charge in [-0.3, -0.25) is 9.59 Å². The van der Waals surface area contributed by atoms with E-state index in [1.807, 2.05) is 0 Å². The van der Waals surface area contributed by atoms with Crippen LogP contribution in [0.3, 0.4) is 0 Å². The smallest absolute Gasteiger partial charge is 0.257 e. The normalized spacial score (nSPS) is 13.4. The van der Waals surface area contributed by atoms with Crippen LogP contribution >= 0.6 is 0 Å². The van der Waals surface area contributed by atoms with Gasteiger partial charge in [0.15, 0.2) is 13.2 Å². The zero-order valence-corrected chi connectivity index (χ0v) is 39.4. The standard InChI is InChI=1S/C52H72N4O6/c1-49(2,3)39-21-31-17-35-25-41(51(7,8)9)27-37(47(35)61-29-43(57)55-15-13-53)19-33-23-40(50(4,5)6)24-34(46(33)60)20-38-28-42(52(10,11)12)26-36(18-32(22-39)45(31)59)48(38)62-30-44(58)56-16-14-54/h21-28,59-60H,13-20,29-30,53-54H2,1-12H3,(H,55,57)(H,56,58). The van der Waals surface area contributed by atoms with Crippen molar-refractivity contribution in [2.75, 3.05) is 39.4 Å². The molecule has 8 bridgehead atoms. The fraction of sp³-hybridized carbons (Fsp3) is 0.500. The first kappa shape index (κ1) is 48.0. The number of ether oxygens (including phenoxy) is 2. The average molecular weight is 849 g/mol. The number of phenols is 2. The summed E-state index contributed by atoms with van der Waals surface area (Å²) in [5.74, 6) is 0.819. The first-order valence-corrected chi connectivity index (χ1v) is 22.0. The van der Waals surface area contributed by atoms with Crippen LogP contribution in [0.15, 0.2) is 48.5 Å². The Morgan fingerprint density at radius 3 is 0.903 bits per heavy atom. The molecule has 62 heavy (non-hydrogen) atoms. The highest BCUT2D eigenvalue weighted by atomic mass is 16.5. The van der Waals surface area contributed by atoms with Crippen molar-refractivity contribution in [3.63, 3.8) is 0 Å². The van der Waals surface area contributed by atoms with Crippen molar-refractivity contribution in [1.82, 2.24) is 10.6 Å². The predicted molar refractivity (Wildman–Crippen MR) is 250 cm³/mol. The Morgan fingerprint density at radius 1 is 0.468 bits per heavy atom. The van der Waals surface area contributed by atoms with Gasteiger partial charge in [-0.05, 0) is 88.4 Å². The van der Waals surface area contributed by atoms with Crippen LogP contribution in [0.5, 0.6) is 23.0 Å². The molecule has 0 aliphatic heterocycles. The molecule has 4 aromatic carbocycles. The van der Waals surface area contributed by atoms with E-state index in [1.165, 1.54) is 0 Å². The zero-order valence-electron chi connectivity index (χ0n) is 39.4. The molecular weight excluding hydrogens is 777 g/mol. The number of phenolic OH excluding ortho intramolecular Hbond substituents is 2. The van der Waals surface area contributed by atoms with Gasteiger partial charge in [-0.25, -0.2) is 0 Å². The van der Waals surface area contributed by atoms with Gasteiger partial charge in [0.25, 0.3) is 11.8 Å². The summed E-state index contributed by atoms with van der Waals surface area (Å²) in [5.41, 5.74) is 20.6. The summed E-state index contributed by atoms with van der Waals surface area (Å²) in [4.78, 5) is 26.2. The quantitative estimate of drug-likeness (QED) is 0.0826. The highest BCUT2D eigenvalue weighted by molar-refractivity contribution is 5.78. The topological polar surface area (TPSA) is 169 Å². The minimum Gasteiger partial charge on any atom is -0.507 e. The highest BCUT2D eigenvalue weighted by Gasteiger charge is 2.29. The number of fused-ring (bicyclic) bond motifs is 8. The highest BCUT2D eigenvalue weighted by Crippen LogP contribution is 2.43. The molecule has 0 radical (unpaired) electrons. The summed E-state index contributed by atoms with van der Waals surface area (Å²) in [7, 11) is 0. The van der Waals surface area contributed by atoms with Crippen LogP contribution in [0.2, 0.25) is 0 Å². The summed E-state index contributed by atoms with van der Waals surface area (Å²) in [6, 6.07) is 16.8. The molecule has 10 nitrogen and oxygen atoms in total. The van der Waals surface area contributed by atoms with E-state index < -0.39 is 0 Å². The number of rotatable bonds is 10. The van der Waals surface area contributed by atoms with Gasteiger partial charge in [-0.2, -0.15) is 0 Å². The SMILES string of the molecule is CC(C)(C)c1cc2c(O)c(c1)Cc1cc(C(C)(C)C)cc(c1OCC(=O)NCCN)Cc1cc(C(C)(C)C)cc(c1O)Cc1cc(C(C)(C)C)cc(c1OCC(=O)NCCN)C2. The molecule has 4 aromatic rings. The van der Waals surface area contributed by atoms with E-state index in [4.69, 9.17) is 20.9 Å². The summed E-state index contributed by atoms with van der Waals surface area (Å²) < 4.78 is 13.1. The molecule has 0 saturated heterocycles. The number of nitrogens with two attached hydrogens (primary N) is 2. The maximum atomic E-state index is 13.1. The molecule has 0 heterocycles. The van der Waals surface area contributed by atoms with E-state index in [0.29, 0.717) is 85.6 Å². The number of hydrogen-bond donors (Lipinski definition) is 6. The molecule has 0 saturated carbocycles. The Kier molecular flexibility index (Phi) is 14.5. The Bertz CT molecular complexity index is 2030. The molecule has 0 fully saturated rings. The lowest BCUT2D eigenvalue weighted by Gasteiger charge is -2.28. The predicted octanol–water partition coefficient (Wildman–Crippen LogP) is 7.87. The third-order valence-corrected chi connectivity index (χ3v) is 11.6. The van der Waals surface area contributed by atoms with Crippen molar-refractivity contribution < 1.29 is 29.3 Å². The second-order valence-electron chi connectivity index (χ2n) is 21.1. The summed E-state index contributed by atoms with van der Waals surface area (Å²) in [6.07, 6.45) is 1.21. The number of hydrogen-bond acceptors (Lipinski definition) is 8. The fourth-order valence-electron chi connectivity index (χ4n) is 7.82. The van der Waals surface area contributed by atoms with E-state index in [1.54, 1.807) is 0 Å². The zero-order chi connectivity index (χ0) is 45.9. The second kappa shape index (κ2) is 18.7. The Balaban J connectivity index is 1.91. The summed E-state index contributed by atoms with van der Waals surface area (Å²) >= 11 is 0. The van der Waals surface area contributed by atoms with Crippen molar-refractivity contribution in [3.8, 4) is 23.0 Å². The average Bonchev–Trinajstić information content (AvgIpc) is 3.16. The van der Waals surface area contributed by atoms with E-state index in [0.717, 1.165) is 44.5 Å². The van der Waals surface area contributed by atoms with Crippen LogP contribution in [0, 0.1) is 0 Å². The van der Waals surface area contributed by atoms with Crippen LogP contribution in [0.25, 0.3) is 0 Å². The number of amides is 2. The molecule has 5 rings (SSSR count). The minimum absolute atomic E-state index is 0.159.